The van der Waals surface area contributed by atoms with Gasteiger partial charge in [0.1, 0.15) is 17.1 Å². The molecule has 2 bridgehead atoms. The van der Waals surface area contributed by atoms with Crippen molar-refractivity contribution in [2.45, 2.75) is 24.9 Å². The monoisotopic (exact) mass is 450 g/mol. The maximum absolute atomic E-state index is 16.0. The van der Waals surface area contributed by atoms with E-state index in [9.17, 15) is 10.2 Å². The molecule has 0 spiro atoms. The highest BCUT2D eigenvalue weighted by atomic mass is 35.5. The number of rotatable bonds is 2. The van der Waals surface area contributed by atoms with Gasteiger partial charge in [-0.2, -0.15) is 9.97 Å². The molecule has 2 aliphatic rings. The van der Waals surface area contributed by atoms with Crippen molar-refractivity contribution in [3.05, 3.63) is 53.3 Å². The van der Waals surface area contributed by atoms with Gasteiger partial charge in [-0.3, -0.25) is 0 Å². The van der Waals surface area contributed by atoms with E-state index in [4.69, 9.17) is 11.6 Å². The zero-order valence-electron chi connectivity index (χ0n) is 17.0. The van der Waals surface area contributed by atoms with Crippen LogP contribution in [-0.2, 0) is 0 Å². The predicted molar refractivity (Wildman–Crippen MR) is 123 cm³/mol. The minimum absolute atomic E-state index is 0.00482. The first-order valence-electron chi connectivity index (χ1n) is 10.6. The number of aromatic nitrogens is 2. The number of anilines is 1. The van der Waals surface area contributed by atoms with Gasteiger partial charge in [0, 0.05) is 36.1 Å². The molecule has 4 aromatic rings. The largest absolute Gasteiger partial charge is 0.508 e. The Bertz CT molecular complexity index is 1380. The number of phenols is 1. The van der Waals surface area contributed by atoms with E-state index in [1.54, 1.807) is 12.1 Å². The highest BCUT2D eigenvalue weighted by Crippen LogP contribution is 2.42. The van der Waals surface area contributed by atoms with E-state index in [-0.39, 0.29) is 21.9 Å². The third-order valence-electron chi connectivity index (χ3n) is 6.48. The van der Waals surface area contributed by atoms with Crippen LogP contribution in [0, 0.1) is 5.82 Å². The average Bonchev–Trinajstić information content (AvgIpc) is 3.11. The van der Waals surface area contributed by atoms with Crippen LogP contribution in [0.4, 0.5) is 10.2 Å². The van der Waals surface area contributed by atoms with Crippen molar-refractivity contribution >= 4 is 39.1 Å². The molecular weight excluding hydrogens is 431 g/mol. The summed E-state index contributed by atoms with van der Waals surface area (Å²) < 4.78 is 16.0. The summed E-state index contributed by atoms with van der Waals surface area (Å²) in [6.45, 7) is 1.44. The van der Waals surface area contributed by atoms with E-state index in [2.05, 4.69) is 20.2 Å². The second-order valence-corrected chi connectivity index (χ2v) is 8.96. The van der Waals surface area contributed by atoms with Gasteiger partial charge in [-0.25, -0.2) is 4.39 Å². The Morgan fingerprint density at radius 3 is 2.53 bits per heavy atom. The van der Waals surface area contributed by atoms with Crippen molar-refractivity contribution in [1.82, 2.24) is 15.3 Å². The summed E-state index contributed by atoms with van der Waals surface area (Å²) >= 11 is 6.65. The van der Waals surface area contributed by atoms with Crippen LogP contribution in [0.15, 0.2) is 42.5 Å². The number of halogens is 2. The fourth-order valence-corrected chi connectivity index (χ4v) is 5.42. The molecule has 6 rings (SSSR count). The highest BCUT2D eigenvalue weighted by molar-refractivity contribution is 6.35. The molecule has 2 aliphatic heterocycles. The lowest BCUT2D eigenvalue weighted by atomic mass is 9.96. The van der Waals surface area contributed by atoms with Crippen LogP contribution in [0.25, 0.3) is 32.8 Å². The lowest BCUT2D eigenvalue weighted by Crippen LogP contribution is -2.51. The zero-order valence-corrected chi connectivity index (χ0v) is 17.8. The van der Waals surface area contributed by atoms with Gasteiger partial charge in [0.25, 0.3) is 0 Å². The number of fused-ring (bicyclic) bond motifs is 4. The molecule has 6 nitrogen and oxygen atoms in total. The smallest absolute Gasteiger partial charge is 0.316 e. The zero-order chi connectivity index (χ0) is 22.0. The number of hydrogen-bond donors (Lipinski definition) is 3. The Labute approximate surface area is 188 Å². The first-order valence-corrected chi connectivity index (χ1v) is 11.0. The molecule has 0 radical (unpaired) electrons. The fourth-order valence-electron chi connectivity index (χ4n) is 5.13. The quantitative estimate of drug-likeness (QED) is 0.414. The maximum Gasteiger partial charge on any atom is 0.316 e. The van der Waals surface area contributed by atoms with Crippen LogP contribution in [0.5, 0.6) is 11.8 Å². The van der Waals surface area contributed by atoms with E-state index < -0.39 is 11.8 Å². The molecule has 162 valence electrons. The Hall–Kier alpha value is -3.16. The summed E-state index contributed by atoms with van der Waals surface area (Å²) in [4.78, 5) is 10.3. The van der Waals surface area contributed by atoms with Gasteiger partial charge in [-0.05, 0) is 47.4 Å². The average molecular weight is 451 g/mol. The van der Waals surface area contributed by atoms with Gasteiger partial charge in [0.15, 0.2) is 5.82 Å². The number of phenolic OH excluding ortho intramolecular Hbond substituents is 1. The van der Waals surface area contributed by atoms with Crippen LogP contribution < -0.4 is 10.2 Å². The molecule has 0 saturated carbocycles. The maximum atomic E-state index is 16.0. The fraction of sp³-hybridized carbons (Fsp3) is 0.250. The Morgan fingerprint density at radius 2 is 1.75 bits per heavy atom. The van der Waals surface area contributed by atoms with Crippen molar-refractivity contribution in [2.75, 3.05) is 18.0 Å². The Morgan fingerprint density at radius 1 is 1.00 bits per heavy atom. The van der Waals surface area contributed by atoms with E-state index in [0.29, 0.717) is 28.9 Å². The summed E-state index contributed by atoms with van der Waals surface area (Å²) in [5.74, 6) is -0.156. The van der Waals surface area contributed by atoms with Gasteiger partial charge in [0.05, 0.1) is 5.02 Å². The van der Waals surface area contributed by atoms with Crippen LogP contribution in [0.2, 0.25) is 5.02 Å². The first-order chi connectivity index (χ1) is 15.5. The lowest BCUT2D eigenvalue weighted by molar-refractivity contribution is 0.427. The van der Waals surface area contributed by atoms with Gasteiger partial charge in [0.2, 0.25) is 0 Å². The minimum atomic E-state index is -0.652. The van der Waals surface area contributed by atoms with E-state index in [0.717, 1.165) is 36.7 Å². The van der Waals surface area contributed by atoms with Crippen molar-refractivity contribution in [3.8, 4) is 22.9 Å². The number of nitrogens with zero attached hydrogens (tertiary/aromatic N) is 3. The molecule has 2 atom stereocenters. The molecule has 3 aromatic carbocycles. The Kier molecular flexibility index (Phi) is 4.38. The number of aromatic hydroxyl groups is 2. The molecule has 2 saturated heterocycles. The minimum Gasteiger partial charge on any atom is -0.508 e. The molecule has 3 N–H and O–H groups in total. The van der Waals surface area contributed by atoms with Crippen LogP contribution in [-0.4, -0.2) is 45.4 Å². The second kappa shape index (κ2) is 7.18. The van der Waals surface area contributed by atoms with Gasteiger partial charge in [-0.15, -0.1) is 0 Å². The number of nitrogens with one attached hydrogen (secondary N) is 1. The standard InChI is InChI=1S/C24H20ClFN4O2/c25-19-9-18-22(28-24(32)29-23(18)30-10-13-5-6-14(11-30)27-13)21(26)20(19)17-8-15(31)7-12-3-1-2-4-16(12)17/h1-4,7-9,13-14,27,31H,5-6,10-11H2,(H,28,29,32). The second-order valence-electron chi connectivity index (χ2n) is 8.55. The van der Waals surface area contributed by atoms with Gasteiger partial charge >= 0.3 is 6.01 Å². The molecule has 2 unspecified atom stereocenters. The Balaban J connectivity index is 1.59. The normalized spacial score (nSPS) is 20.4. The van der Waals surface area contributed by atoms with Crippen LogP contribution in [0.3, 0.4) is 0 Å². The van der Waals surface area contributed by atoms with Crippen molar-refractivity contribution < 1.29 is 14.6 Å². The molecule has 3 heterocycles. The van der Waals surface area contributed by atoms with Crippen molar-refractivity contribution in [1.29, 1.82) is 0 Å². The summed E-state index contributed by atoms with van der Waals surface area (Å²) in [7, 11) is 0. The van der Waals surface area contributed by atoms with Gasteiger partial charge < -0.3 is 20.4 Å². The lowest BCUT2D eigenvalue weighted by Gasteiger charge is -2.34. The highest BCUT2D eigenvalue weighted by Gasteiger charge is 2.34. The number of hydrogen-bond acceptors (Lipinski definition) is 6. The van der Waals surface area contributed by atoms with E-state index >= 15 is 4.39 Å². The first kappa shape index (κ1) is 19.5. The molecule has 0 aliphatic carbocycles. The molecule has 32 heavy (non-hydrogen) atoms. The summed E-state index contributed by atoms with van der Waals surface area (Å²) in [6.07, 6.45) is 2.17. The predicted octanol–water partition coefficient (Wildman–Crippen LogP) is 4.59. The number of benzene rings is 3. The molecule has 0 amide bonds. The molecule has 1 aromatic heterocycles. The molecule has 8 heteroatoms. The van der Waals surface area contributed by atoms with E-state index in [1.807, 2.05) is 24.3 Å². The summed E-state index contributed by atoms with van der Waals surface area (Å²) in [5, 5.41) is 26.2. The van der Waals surface area contributed by atoms with Crippen LogP contribution in [0.1, 0.15) is 12.8 Å². The van der Waals surface area contributed by atoms with Crippen LogP contribution >= 0.6 is 11.6 Å². The van der Waals surface area contributed by atoms with Gasteiger partial charge in [-0.1, -0.05) is 35.9 Å². The van der Waals surface area contributed by atoms with Crippen molar-refractivity contribution in [2.24, 2.45) is 0 Å². The summed E-state index contributed by atoms with van der Waals surface area (Å²) in [5.41, 5.74) is 0.603. The molecular formula is C24H20ClFN4O2. The topological polar surface area (TPSA) is 81.5 Å². The summed E-state index contributed by atoms with van der Waals surface area (Å²) in [6, 6.07) is 12.4. The third-order valence-corrected chi connectivity index (χ3v) is 6.78. The van der Waals surface area contributed by atoms with Crippen molar-refractivity contribution in [3.63, 3.8) is 0 Å². The van der Waals surface area contributed by atoms with E-state index in [1.165, 1.54) is 6.07 Å². The molecule has 2 fully saturated rings. The third kappa shape index (κ3) is 3.04. The number of piperazine rings is 1. The SMILES string of the molecule is Oc1cc(-c2c(Cl)cc3c(N4CC5CCC(C4)N5)nc(O)nc3c2F)c2ccccc2c1.